The van der Waals surface area contributed by atoms with Crippen LogP contribution in [0.25, 0.3) is 0 Å². The number of hydrogen-bond acceptors (Lipinski definition) is 3. The molecule has 1 unspecified atom stereocenters. The van der Waals surface area contributed by atoms with Gasteiger partial charge in [-0.15, -0.1) is 0 Å². The van der Waals surface area contributed by atoms with Gasteiger partial charge >= 0.3 is 0 Å². The Morgan fingerprint density at radius 2 is 2.05 bits per heavy atom. The topological polar surface area (TPSA) is 55.6 Å². The van der Waals surface area contributed by atoms with E-state index in [1.165, 1.54) is 5.56 Å². The Morgan fingerprint density at radius 3 is 2.77 bits per heavy atom. The number of nitrogens with zero attached hydrogens (tertiary/aromatic N) is 1. The molecule has 1 aliphatic heterocycles. The van der Waals surface area contributed by atoms with E-state index in [1.54, 1.807) is 4.90 Å². The number of benzene rings is 2. The molecular formula is C18H20N2O2. The van der Waals surface area contributed by atoms with Crippen molar-refractivity contribution in [2.75, 3.05) is 11.5 Å². The lowest BCUT2D eigenvalue weighted by Gasteiger charge is -2.30. The molecule has 1 atom stereocenters. The summed E-state index contributed by atoms with van der Waals surface area (Å²) in [4.78, 5) is 14.1. The molecule has 0 saturated carbocycles. The third-order valence-corrected chi connectivity index (χ3v) is 4.04. The first-order chi connectivity index (χ1) is 10.6. The van der Waals surface area contributed by atoms with E-state index in [0.717, 1.165) is 22.6 Å². The molecule has 1 aliphatic rings. The number of hydrogen-bond donors (Lipinski definition) is 1. The van der Waals surface area contributed by atoms with Crippen molar-refractivity contribution in [3.8, 4) is 5.75 Å². The van der Waals surface area contributed by atoms with E-state index in [9.17, 15) is 4.79 Å². The molecule has 2 N–H and O–H groups in total. The van der Waals surface area contributed by atoms with Crippen molar-refractivity contribution in [1.29, 1.82) is 0 Å². The predicted octanol–water partition coefficient (Wildman–Crippen LogP) is 2.94. The highest BCUT2D eigenvalue weighted by atomic mass is 16.5. The van der Waals surface area contributed by atoms with Crippen LogP contribution >= 0.6 is 0 Å². The first-order valence-electron chi connectivity index (χ1n) is 7.43. The normalized spacial score (nSPS) is 15.2. The molecule has 0 radical (unpaired) electrons. The number of amides is 1. The summed E-state index contributed by atoms with van der Waals surface area (Å²) < 4.78 is 5.54. The van der Waals surface area contributed by atoms with Crippen molar-refractivity contribution in [3.05, 3.63) is 59.2 Å². The van der Waals surface area contributed by atoms with Gasteiger partial charge in [-0.2, -0.15) is 0 Å². The van der Waals surface area contributed by atoms with Crippen molar-refractivity contribution in [1.82, 2.24) is 0 Å². The molecule has 0 aromatic heterocycles. The third kappa shape index (κ3) is 2.70. The Hall–Kier alpha value is -2.33. The molecular weight excluding hydrogens is 276 g/mol. The summed E-state index contributed by atoms with van der Waals surface area (Å²) in [5.74, 6) is 0.704. The lowest BCUT2D eigenvalue weighted by molar-refractivity contribution is -0.121. The van der Waals surface area contributed by atoms with Crippen LogP contribution < -0.4 is 15.4 Å². The Kier molecular flexibility index (Phi) is 3.86. The molecule has 0 saturated heterocycles. The molecule has 0 spiro atoms. The van der Waals surface area contributed by atoms with Crippen molar-refractivity contribution >= 4 is 11.6 Å². The molecule has 0 fully saturated rings. The number of ether oxygens (including phenoxy) is 1. The third-order valence-electron chi connectivity index (χ3n) is 4.04. The average molecular weight is 296 g/mol. The lowest BCUT2D eigenvalue weighted by Crippen LogP contribution is -2.38. The summed E-state index contributed by atoms with van der Waals surface area (Å²) >= 11 is 0. The Morgan fingerprint density at radius 1 is 1.27 bits per heavy atom. The maximum absolute atomic E-state index is 12.3. The lowest BCUT2D eigenvalue weighted by atomic mass is 10.0. The van der Waals surface area contributed by atoms with Crippen LogP contribution in [-0.4, -0.2) is 12.5 Å². The van der Waals surface area contributed by atoms with Gasteiger partial charge in [0.1, 0.15) is 5.75 Å². The Balaban J connectivity index is 2.00. The zero-order valence-electron chi connectivity index (χ0n) is 12.9. The van der Waals surface area contributed by atoms with Gasteiger partial charge < -0.3 is 15.4 Å². The second kappa shape index (κ2) is 5.81. The van der Waals surface area contributed by atoms with Gasteiger partial charge in [-0.3, -0.25) is 4.79 Å². The molecule has 0 aliphatic carbocycles. The van der Waals surface area contributed by atoms with E-state index in [-0.39, 0.29) is 18.6 Å². The van der Waals surface area contributed by atoms with Gasteiger partial charge in [-0.25, -0.2) is 0 Å². The van der Waals surface area contributed by atoms with Crippen LogP contribution in [0.4, 0.5) is 5.69 Å². The first-order valence-corrected chi connectivity index (χ1v) is 7.43. The number of rotatable bonds is 3. The van der Waals surface area contributed by atoms with E-state index in [0.29, 0.717) is 6.54 Å². The number of carbonyl (C=O) groups excluding carboxylic acids is 1. The number of nitrogens with two attached hydrogens (primary N) is 1. The van der Waals surface area contributed by atoms with E-state index >= 15 is 0 Å². The molecule has 114 valence electrons. The zero-order chi connectivity index (χ0) is 15.7. The average Bonchev–Trinajstić information content (AvgIpc) is 2.51. The SMILES string of the molecule is Cc1ccccc1CN1C(=O)COc2ccc(C(C)N)cc21. The second-order valence-corrected chi connectivity index (χ2v) is 5.71. The fourth-order valence-electron chi connectivity index (χ4n) is 2.63. The first kappa shape index (κ1) is 14.6. The number of carbonyl (C=O) groups is 1. The summed E-state index contributed by atoms with van der Waals surface area (Å²) in [6, 6.07) is 13.8. The summed E-state index contributed by atoms with van der Waals surface area (Å²) in [5, 5.41) is 0. The van der Waals surface area contributed by atoms with E-state index in [4.69, 9.17) is 10.5 Å². The van der Waals surface area contributed by atoms with Gasteiger partial charge in [-0.05, 0) is 42.7 Å². The van der Waals surface area contributed by atoms with Gasteiger partial charge in [-0.1, -0.05) is 30.3 Å². The van der Waals surface area contributed by atoms with Crippen LogP contribution in [0.2, 0.25) is 0 Å². The quantitative estimate of drug-likeness (QED) is 0.947. The summed E-state index contributed by atoms with van der Waals surface area (Å²) in [6.45, 7) is 4.61. The minimum atomic E-state index is -0.0809. The maximum atomic E-state index is 12.3. The van der Waals surface area contributed by atoms with Crippen molar-refractivity contribution in [2.45, 2.75) is 26.4 Å². The van der Waals surface area contributed by atoms with Crippen LogP contribution in [0.5, 0.6) is 5.75 Å². The molecule has 1 heterocycles. The van der Waals surface area contributed by atoms with Crippen molar-refractivity contribution < 1.29 is 9.53 Å². The maximum Gasteiger partial charge on any atom is 0.265 e. The fraction of sp³-hybridized carbons (Fsp3) is 0.278. The summed E-state index contributed by atoms with van der Waals surface area (Å²) in [5.41, 5.74) is 10.1. The molecule has 2 aromatic rings. The minimum Gasteiger partial charge on any atom is -0.482 e. The molecule has 3 rings (SSSR count). The van der Waals surface area contributed by atoms with Crippen LogP contribution in [0.1, 0.15) is 29.7 Å². The van der Waals surface area contributed by atoms with Gasteiger partial charge in [0.15, 0.2) is 6.61 Å². The Bertz CT molecular complexity index is 710. The van der Waals surface area contributed by atoms with Crippen LogP contribution in [0.3, 0.4) is 0 Å². The summed E-state index contributed by atoms with van der Waals surface area (Å²) in [6.07, 6.45) is 0. The molecule has 2 aromatic carbocycles. The van der Waals surface area contributed by atoms with Gasteiger partial charge in [0, 0.05) is 6.04 Å². The highest BCUT2D eigenvalue weighted by Gasteiger charge is 2.26. The highest BCUT2D eigenvalue weighted by Crippen LogP contribution is 2.35. The zero-order valence-corrected chi connectivity index (χ0v) is 12.9. The molecule has 22 heavy (non-hydrogen) atoms. The molecule has 4 nitrogen and oxygen atoms in total. The van der Waals surface area contributed by atoms with E-state index in [1.807, 2.05) is 43.3 Å². The largest absolute Gasteiger partial charge is 0.482 e. The monoisotopic (exact) mass is 296 g/mol. The molecule has 1 amide bonds. The van der Waals surface area contributed by atoms with E-state index < -0.39 is 0 Å². The van der Waals surface area contributed by atoms with Crippen molar-refractivity contribution in [2.24, 2.45) is 5.73 Å². The Labute approximate surface area is 130 Å². The molecule has 0 bridgehead atoms. The highest BCUT2D eigenvalue weighted by molar-refractivity contribution is 5.97. The van der Waals surface area contributed by atoms with Crippen LogP contribution in [0, 0.1) is 6.92 Å². The van der Waals surface area contributed by atoms with Gasteiger partial charge in [0.05, 0.1) is 12.2 Å². The van der Waals surface area contributed by atoms with Crippen molar-refractivity contribution in [3.63, 3.8) is 0 Å². The number of anilines is 1. The standard InChI is InChI=1S/C18H20N2O2/c1-12-5-3-4-6-15(12)10-20-16-9-14(13(2)19)7-8-17(16)22-11-18(20)21/h3-9,13H,10-11,19H2,1-2H3. The number of fused-ring (bicyclic) bond motifs is 1. The minimum absolute atomic E-state index is 0.0300. The second-order valence-electron chi connectivity index (χ2n) is 5.71. The van der Waals surface area contributed by atoms with Gasteiger partial charge in [0.2, 0.25) is 0 Å². The van der Waals surface area contributed by atoms with Crippen LogP contribution in [-0.2, 0) is 11.3 Å². The number of aryl methyl sites for hydroxylation is 1. The fourth-order valence-corrected chi connectivity index (χ4v) is 2.63. The van der Waals surface area contributed by atoms with E-state index in [2.05, 4.69) is 13.0 Å². The predicted molar refractivity (Wildman–Crippen MR) is 86.9 cm³/mol. The smallest absolute Gasteiger partial charge is 0.265 e. The van der Waals surface area contributed by atoms with Gasteiger partial charge in [0.25, 0.3) is 5.91 Å². The molecule has 4 heteroatoms. The van der Waals surface area contributed by atoms with Crippen LogP contribution in [0.15, 0.2) is 42.5 Å². The summed E-state index contributed by atoms with van der Waals surface area (Å²) in [7, 11) is 0.